The van der Waals surface area contributed by atoms with Gasteiger partial charge in [0.2, 0.25) is 0 Å². The van der Waals surface area contributed by atoms with Crippen LogP contribution in [0, 0.1) is 12.7 Å². The molecule has 0 aliphatic carbocycles. The van der Waals surface area contributed by atoms with E-state index in [9.17, 15) is 4.39 Å². The van der Waals surface area contributed by atoms with Gasteiger partial charge in [0.25, 0.3) is 0 Å². The number of rotatable bonds is 2. The van der Waals surface area contributed by atoms with Crippen LogP contribution < -0.4 is 5.73 Å². The maximum atomic E-state index is 14.1. The number of para-hydroxylation sites is 1. The van der Waals surface area contributed by atoms with E-state index in [4.69, 9.17) is 5.73 Å². The molecule has 1 heterocycles. The van der Waals surface area contributed by atoms with Gasteiger partial charge in [-0.3, -0.25) is 0 Å². The normalized spacial score (nSPS) is 10.8. The first kappa shape index (κ1) is 13.7. The van der Waals surface area contributed by atoms with Crippen LogP contribution in [0.2, 0.25) is 0 Å². The molecule has 7 heteroatoms. The highest BCUT2D eigenvalue weighted by molar-refractivity contribution is 9.10. The minimum absolute atomic E-state index is 0.326. The lowest BCUT2D eigenvalue weighted by Crippen LogP contribution is -2.05. The van der Waals surface area contributed by atoms with Crippen LogP contribution in [-0.2, 0) is 0 Å². The smallest absolute Gasteiger partial charge is 0.188 e. The van der Waals surface area contributed by atoms with Gasteiger partial charge in [-0.25, -0.2) is 4.39 Å². The highest BCUT2D eigenvalue weighted by atomic mass is 79.9. The Hall–Kier alpha value is -2.28. The maximum absolute atomic E-state index is 14.1. The summed E-state index contributed by atoms with van der Waals surface area (Å²) >= 11 is 3.44. The van der Waals surface area contributed by atoms with E-state index in [1.807, 2.05) is 0 Å². The Morgan fingerprint density at radius 2 is 2.05 bits per heavy atom. The van der Waals surface area contributed by atoms with Crippen LogP contribution in [0.3, 0.4) is 0 Å². The number of aryl methyl sites for hydroxylation is 1. The molecule has 3 aromatic rings. The Bertz CT molecular complexity index is 795. The lowest BCUT2D eigenvalue weighted by atomic mass is 10.1. The summed E-state index contributed by atoms with van der Waals surface area (Å²) in [5.41, 5.74) is 8.15. The standard InChI is InChI=1S/C14H11BrFN5/c1-8-3-2-4-12(16)13(8)21-14(18-19-20-21)10-7-9(17)5-6-11(10)15/h2-7H,17H2,1H3. The first-order chi connectivity index (χ1) is 10.1. The molecule has 0 unspecified atom stereocenters. The lowest BCUT2D eigenvalue weighted by Gasteiger charge is -2.10. The number of hydrogen-bond acceptors (Lipinski definition) is 4. The molecule has 0 aliphatic rings. The molecule has 0 saturated carbocycles. The van der Waals surface area contributed by atoms with Crippen molar-refractivity contribution in [3.63, 3.8) is 0 Å². The van der Waals surface area contributed by atoms with Crippen molar-refractivity contribution in [1.82, 2.24) is 20.2 Å². The van der Waals surface area contributed by atoms with Crippen LogP contribution >= 0.6 is 15.9 Å². The molecule has 0 saturated heterocycles. The fraction of sp³-hybridized carbons (Fsp3) is 0.0714. The highest BCUT2D eigenvalue weighted by Gasteiger charge is 2.18. The molecule has 0 bridgehead atoms. The van der Waals surface area contributed by atoms with Crippen LogP contribution in [0.4, 0.5) is 10.1 Å². The summed E-state index contributed by atoms with van der Waals surface area (Å²) in [6.07, 6.45) is 0. The summed E-state index contributed by atoms with van der Waals surface area (Å²) in [5, 5.41) is 11.6. The van der Waals surface area contributed by atoms with E-state index in [0.717, 1.165) is 10.0 Å². The van der Waals surface area contributed by atoms with Crippen LogP contribution in [-0.4, -0.2) is 20.2 Å². The predicted octanol–water partition coefficient (Wildman–Crippen LogP) is 3.12. The number of tetrazole rings is 1. The number of aromatic nitrogens is 4. The second-order valence-corrected chi connectivity index (χ2v) is 5.41. The SMILES string of the molecule is Cc1cccc(F)c1-n1nnnc1-c1cc(N)ccc1Br. The van der Waals surface area contributed by atoms with E-state index in [1.165, 1.54) is 10.7 Å². The van der Waals surface area contributed by atoms with Gasteiger partial charge >= 0.3 is 0 Å². The van der Waals surface area contributed by atoms with Crippen LogP contribution in [0.1, 0.15) is 5.56 Å². The summed E-state index contributed by atoms with van der Waals surface area (Å²) in [5.74, 6) is 0.0333. The van der Waals surface area contributed by atoms with E-state index >= 15 is 0 Å². The molecule has 2 aromatic carbocycles. The first-order valence-corrected chi connectivity index (χ1v) is 6.96. The summed E-state index contributed by atoms with van der Waals surface area (Å²) in [6, 6.07) is 10.1. The van der Waals surface area contributed by atoms with Gasteiger partial charge in [0.15, 0.2) is 5.82 Å². The van der Waals surface area contributed by atoms with E-state index < -0.39 is 0 Å². The summed E-state index contributed by atoms with van der Waals surface area (Å²) in [4.78, 5) is 0. The first-order valence-electron chi connectivity index (χ1n) is 6.17. The van der Waals surface area contributed by atoms with Gasteiger partial charge in [0.1, 0.15) is 11.5 Å². The third-order valence-corrected chi connectivity index (χ3v) is 3.79. The van der Waals surface area contributed by atoms with Gasteiger partial charge in [-0.05, 0) is 47.2 Å². The molecular weight excluding hydrogens is 337 g/mol. The van der Waals surface area contributed by atoms with E-state index in [-0.39, 0.29) is 5.82 Å². The second kappa shape index (κ2) is 5.25. The third-order valence-electron chi connectivity index (χ3n) is 3.10. The van der Waals surface area contributed by atoms with Crippen LogP contribution in [0.5, 0.6) is 0 Å². The van der Waals surface area contributed by atoms with Crippen molar-refractivity contribution in [3.8, 4) is 17.1 Å². The highest BCUT2D eigenvalue weighted by Crippen LogP contribution is 2.30. The summed E-state index contributed by atoms with van der Waals surface area (Å²) in [6.45, 7) is 1.80. The van der Waals surface area contributed by atoms with E-state index in [0.29, 0.717) is 22.8 Å². The zero-order valence-electron chi connectivity index (χ0n) is 11.1. The second-order valence-electron chi connectivity index (χ2n) is 4.56. The van der Waals surface area contributed by atoms with Gasteiger partial charge in [0.05, 0.1) is 0 Å². The monoisotopic (exact) mass is 347 g/mol. The Morgan fingerprint density at radius 1 is 1.24 bits per heavy atom. The molecule has 2 N–H and O–H groups in total. The Kier molecular flexibility index (Phi) is 3.42. The number of nitrogens with zero attached hydrogens (tertiary/aromatic N) is 4. The Labute approximate surface area is 128 Å². The van der Waals surface area contributed by atoms with Gasteiger partial charge in [-0.1, -0.05) is 28.1 Å². The van der Waals surface area contributed by atoms with Gasteiger partial charge < -0.3 is 5.73 Å². The number of hydrogen-bond donors (Lipinski definition) is 1. The Balaban J connectivity index is 2.25. The van der Waals surface area contributed by atoms with E-state index in [1.54, 1.807) is 37.3 Å². The molecule has 0 spiro atoms. The fourth-order valence-electron chi connectivity index (χ4n) is 2.11. The maximum Gasteiger partial charge on any atom is 0.188 e. The van der Waals surface area contributed by atoms with E-state index in [2.05, 4.69) is 31.5 Å². The zero-order chi connectivity index (χ0) is 15.0. The minimum Gasteiger partial charge on any atom is -0.399 e. The predicted molar refractivity (Wildman–Crippen MR) is 81.4 cm³/mol. The molecule has 0 amide bonds. The molecule has 0 aliphatic heterocycles. The van der Waals surface area contributed by atoms with Crippen molar-refractivity contribution in [2.45, 2.75) is 6.92 Å². The number of halogens is 2. The van der Waals surface area contributed by atoms with Crippen molar-refractivity contribution in [2.24, 2.45) is 0 Å². The zero-order valence-corrected chi connectivity index (χ0v) is 12.7. The fourth-order valence-corrected chi connectivity index (χ4v) is 2.54. The lowest BCUT2D eigenvalue weighted by molar-refractivity contribution is 0.606. The van der Waals surface area contributed by atoms with Crippen LogP contribution in [0.15, 0.2) is 40.9 Å². The topological polar surface area (TPSA) is 69.6 Å². The number of nitrogen functional groups attached to an aromatic ring is 1. The number of benzene rings is 2. The summed E-state index contributed by atoms with van der Waals surface area (Å²) in [7, 11) is 0. The molecule has 106 valence electrons. The molecule has 1 aromatic heterocycles. The van der Waals surface area contributed by atoms with Gasteiger partial charge in [-0.2, -0.15) is 4.68 Å². The molecule has 0 radical (unpaired) electrons. The number of nitrogens with two attached hydrogens (primary N) is 1. The minimum atomic E-state index is -0.386. The van der Waals surface area contributed by atoms with Crippen molar-refractivity contribution in [1.29, 1.82) is 0 Å². The molecule has 21 heavy (non-hydrogen) atoms. The van der Waals surface area contributed by atoms with Crippen molar-refractivity contribution >= 4 is 21.6 Å². The number of anilines is 1. The third kappa shape index (κ3) is 2.40. The summed E-state index contributed by atoms with van der Waals surface area (Å²) < 4.78 is 16.3. The molecular formula is C14H11BrFN5. The van der Waals surface area contributed by atoms with Gasteiger partial charge in [0, 0.05) is 15.7 Å². The van der Waals surface area contributed by atoms with Crippen molar-refractivity contribution < 1.29 is 4.39 Å². The van der Waals surface area contributed by atoms with Gasteiger partial charge in [-0.15, -0.1) is 5.10 Å². The molecule has 0 fully saturated rings. The average molecular weight is 348 g/mol. The Morgan fingerprint density at radius 3 is 2.81 bits per heavy atom. The average Bonchev–Trinajstić information content (AvgIpc) is 2.90. The largest absolute Gasteiger partial charge is 0.399 e. The quantitative estimate of drug-likeness (QED) is 0.723. The van der Waals surface area contributed by atoms with Crippen LogP contribution in [0.25, 0.3) is 17.1 Å². The van der Waals surface area contributed by atoms with Crippen molar-refractivity contribution in [2.75, 3.05) is 5.73 Å². The molecule has 3 rings (SSSR count). The molecule has 5 nitrogen and oxygen atoms in total. The molecule has 0 atom stereocenters. The van der Waals surface area contributed by atoms with Crippen molar-refractivity contribution in [3.05, 3.63) is 52.3 Å².